The summed E-state index contributed by atoms with van der Waals surface area (Å²) in [6.45, 7) is 0. The number of furan rings is 1. The maximum atomic E-state index is 13.2. The highest BCUT2D eigenvalue weighted by Crippen LogP contribution is 2.31. The molecule has 0 bridgehead atoms. The molecule has 4 aromatic rings. The number of carboxylic acid groups (broad SMARTS) is 1. The molecule has 0 aliphatic heterocycles. The number of hydrogen-bond donors (Lipinski definition) is 3. The van der Waals surface area contributed by atoms with Crippen LogP contribution in [0.5, 0.6) is 0 Å². The van der Waals surface area contributed by atoms with Gasteiger partial charge in [-0.05, 0) is 35.9 Å². The largest absolute Gasteiger partial charge is 0.711 e. The van der Waals surface area contributed by atoms with Crippen molar-refractivity contribution in [3.63, 3.8) is 0 Å². The molecule has 0 aliphatic carbocycles. The van der Waals surface area contributed by atoms with Crippen LogP contribution in [0.2, 0.25) is 5.02 Å². The number of aromatic nitrogens is 1. The molecule has 1 amide bonds. The fourth-order valence-electron chi connectivity index (χ4n) is 3.26. The predicted molar refractivity (Wildman–Crippen MR) is 126 cm³/mol. The van der Waals surface area contributed by atoms with Crippen LogP contribution in [0, 0.1) is 5.21 Å². The van der Waals surface area contributed by atoms with Crippen molar-refractivity contribution in [2.45, 2.75) is 15.7 Å². The molecule has 14 heteroatoms. The average Bonchev–Trinajstić information content (AvgIpc) is 3.21. The van der Waals surface area contributed by atoms with Crippen LogP contribution in [0.3, 0.4) is 0 Å². The van der Waals surface area contributed by atoms with E-state index < -0.39 is 42.6 Å². The second-order valence-electron chi connectivity index (χ2n) is 7.28. The number of pyridine rings is 1. The molecule has 0 fully saturated rings. The minimum absolute atomic E-state index is 0.0753. The highest BCUT2D eigenvalue weighted by molar-refractivity contribution is 7.93. The average molecular weight is 538 g/mol. The lowest BCUT2D eigenvalue weighted by Gasteiger charge is -2.13. The van der Waals surface area contributed by atoms with Crippen molar-refractivity contribution in [1.29, 1.82) is 0 Å². The van der Waals surface area contributed by atoms with E-state index in [1.54, 1.807) is 24.3 Å². The van der Waals surface area contributed by atoms with Crippen LogP contribution in [0.4, 0.5) is 16.3 Å². The lowest BCUT2D eigenvalue weighted by atomic mass is 10.3. The van der Waals surface area contributed by atoms with Crippen LogP contribution in [-0.4, -0.2) is 28.0 Å². The Balaban J connectivity index is 1.69. The Hall–Kier alpha value is -3.81. The minimum Gasteiger partial charge on any atom is -0.711 e. The molecule has 182 valence electrons. The standard InChI is InChI=1S/C21H16ClN3O8S2/c22-15-5-6-18(34(29,30)12-13-7-8-25(28)19(9-13)23-21(26)27)16(11-15)24-35(31,32)20-10-14-3-1-2-4-17(14)33-20/h1-11,23-24H,12H2,(H,26,27). The molecule has 0 aliphatic rings. The number of benzene rings is 2. The monoisotopic (exact) mass is 537 g/mol. The number of amides is 1. The number of carbonyl (C=O) groups is 1. The van der Waals surface area contributed by atoms with Gasteiger partial charge in [-0.15, -0.1) is 0 Å². The summed E-state index contributed by atoms with van der Waals surface area (Å²) in [5.41, 5.74) is 0.107. The first-order valence-corrected chi connectivity index (χ1v) is 13.2. The SMILES string of the molecule is O=C(O)Nc1cc(CS(=O)(=O)c2ccc(Cl)cc2NS(=O)(=O)c2cc3ccccc3o2)cc[n+]1[O-]. The first-order chi connectivity index (χ1) is 16.4. The fourth-order valence-corrected chi connectivity index (χ4v) is 6.03. The fraction of sp³-hybridized carbons (Fsp3) is 0.0476. The van der Waals surface area contributed by atoms with E-state index in [4.69, 9.17) is 21.1 Å². The van der Waals surface area contributed by atoms with Gasteiger partial charge in [0.1, 0.15) is 5.58 Å². The van der Waals surface area contributed by atoms with E-state index in [1.165, 1.54) is 18.2 Å². The highest BCUT2D eigenvalue weighted by Gasteiger charge is 2.26. The smallest absolute Gasteiger partial charge is 0.502 e. The molecular weight excluding hydrogens is 522 g/mol. The summed E-state index contributed by atoms with van der Waals surface area (Å²) in [5, 5.41) is 22.6. The predicted octanol–water partition coefficient (Wildman–Crippen LogP) is 3.58. The molecule has 0 saturated heterocycles. The number of sulfonamides is 1. The maximum absolute atomic E-state index is 13.2. The van der Waals surface area contributed by atoms with Gasteiger partial charge in [-0.25, -0.2) is 13.1 Å². The molecule has 0 saturated carbocycles. The molecule has 3 N–H and O–H groups in total. The van der Waals surface area contributed by atoms with Crippen LogP contribution in [-0.2, 0) is 25.6 Å². The molecule has 0 radical (unpaired) electrons. The van der Waals surface area contributed by atoms with Crippen molar-refractivity contribution in [2.75, 3.05) is 10.0 Å². The summed E-state index contributed by atoms with van der Waals surface area (Å²) in [5.74, 6) is -1.06. The molecule has 35 heavy (non-hydrogen) atoms. The Morgan fingerprint density at radius 1 is 1.06 bits per heavy atom. The summed E-state index contributed by atoms with van der Waals surface area (Å²) < 4.78 is 60.1. The number of fused-ring (bicyclic) bond motifs is 1. The number of hydrogen-bond acceptors (Lipinski definition) is 7. The highest BCUT2D eigenvalue weighted by atomic mass is 35.5. The molecular formula is C21H16ClN3O8S2. The quantitative estimate of drug-likeness (QED) is 0.237. The first-order valence-electron chi connectivity index (χ1n) is 9.70. The van der Waals surface area contributed by atoms with Gasteiger partial charge in [0.2, 0.25) is 5.09 Å². The van der Waals surface area contributed by atoms with Crippen molar-refractivity contribution < 1.29 is 35.9 Å². The number of nitrogens with one attached hydrogen (secondary N) is 2. The van der Waals surface area contributed by atoms with Gasteiger partial charge in [0.15, 0.2) is 9.84 Å². The Labute approximate surface area is 204 Å². The molecule has 0 unspecified atom stereocenters. The third-order valence-electron chi connectivity index (χ3n) is 4.76. The Bertz CT molecular complexity index is 1630. The number of para-hydroxylation sites is 1. The van der Waals surface area contributed by atoms with Crippen molar-refractivity contribution in [3.8, 4) is 0 Å². The summed E-state index contributed by atoms with van der Waals surface area (Å²) in [6, 6.07) is 13.7. The Morgan fingerprint density at radius 3 is 2.51 bits per heavy atom. The third kappa shape index (κ3) is 5.31. The van der Waals surface area contributed by atoms with Gasteiger partial charge in [-0.2, -0.15) is 18.5 Å². The lowest BCUT2D eigenvalue weighted by Crippen LogP contribution is -2.32. The summed E-state index contributed by atoms with van der Waals surface area (Å²) in [7, 11) is -8.53. The van der Waals surface area contributed by atoms with E-state index >= 15 is 0 Å². The Kier molecular flexibility index (Phi) is 6.32. The summed E-state index contributed by atoms with van der Waals surface area (Å²) in [6.07, 6.45) is -0.557. The van der Waals surface area contributed by atoms with E-state index in [9.17, 15) is 26.8 Å². The molecule has 11 nitrogen and oxygen atoms in total. The van der Waals surface area contributed by atoms with Crippen LogP contribution in [0.1, 0.15) is 5.56 Å². The maximum Gasteiger partial charge on any atom is 0.502 e. The van der Waals surface area contributed by atoms with Gasteiger partial charge in [0.25, 0.3) is 15.8 Å². The zero-order chi connectivity index (χ0) is 25.4. The number of halogens is 1. The third-order valence-corrected chi connectivity index (χ3v) is 7.96. The second-order valence-corrected chi connectivity index (χ2v) is 11.3. The minimum atomic E-state index is -4.33. The summed E-state index contributed by atoms with van der Waals surface area (Å²) in [4.78, 5) is 10.5. The zero-order valence-electron chi connectivity index (χ0n) is 17.5. The van der Waals surface area contributed by atoms with E-state index in [1.807, 2.05) is 5.32 Å². The van der Waals surface area contributed by atoms with Gasteiger partial charge in [-0.1, -0.05) is 29.8 Å². The first kappa shape index (κ1) is 24.3. The van der Waals surface area contributed by atoms with Gasteiger partial charge >= 0.3 is 6.09 Å². The van der Waals surface area contributed by atoms with Crippen LogP contribution in [0.15, 0.2) is 81.3 Å². The van der Waals surface area contributed by atoms with Gasteiger partial charge < -0.3 is 14.7 Å². The van der Waals surface area contributed by atoms with Crippen LogP contribution < -0.4 is 14.8 Å². The van der Waals surface area contributed by atoms with E-state index in [2.05, 4.69) is 4.72 Å². The molecule has 0 atom stereocenters. The van der Waals surface area contributed by atoms with Crippen molar-refractivity contribution in [3.05, 3.63) is 82.7 Å². The van der Waals surface area contributed by atoms with E-state index in [-0.39, 0.29) is 25.9 Å². The van der Waals surface area contributed by atoms with Crippen molar-refractivity contribution in [1.82, 2.24) is 0 Å². The lowest BCUT2D eigenvalue weighted by molar-refractivity contribution is -0.590. The molecule has 2 aromatic carbocycles. The molecule has 2 heterocycles. The van der Waals surface area contributed by atoms with Gasteiger partial charge in [-0.3, -0.25) is 4.72 Å². The molecule has 0 spiro atoms. The Morgan fingerprint density at radius 2 is 1.80 bits per heavy atom. The number of rotatable bonds is 7. The number of sulfone groups is 1. The topological polar surface area (TPSA) is 170 Å². The van der Waals surface area contributed by atoms with Crippen LogP contribution >= 0.6 is 11.6 Å². The normalized spacial score (nSPS) is 11.9. The van der Waals surface area contributed by atoms with E-state index in [0.29, 0.717) is 11.0 Å². The van der Waals surface area contributed by atoms with Gasteiger partial charge in [0.05, 0.1) is 22.5 Å². The molecule has 2 aromatic heterocycles. The molecule has 4 rings (SSSR count). The number of anilines is 2. The van der Waals surface area contributed by atoms with Crippen molar-refractivity contribution in [2.24, 2.45) is 0 Å². The van der Waals surface area contributed by atoms with E-state index in [0.717, 1.165) is 24.4 Å². The second kappa shape index (κ2) is 9.09. The van der Waals surface area contributed by atoms with Gasteiger partial charge in [0, 0.05) is 22.5 Å². The van der Waals surface area contributed by atoms with Crippen LogP contribution in [0.25, 0.3) is 11.0 Å². The van der Waals surface area contributed by atoms with Crippen molar-refractivity contribution >= 4 is 60.0 Å². The number of nitrogens with zero attached hydrogens (tertiary/aromatic N) is 1. The summed E-state index contributed by atoms with van der Waals surface area (Å²) >= 11 is 6.00. The zero-order valence-corrected chi connectivity index (χ0v) is 19.9.